The number of benzene rings is 5. The maximum absolute atomic E-state index is 12.0. The van der Waals surface area contributed by atoms with Gasteiger partial charge in [-0.3, -0.25) is 0 Å². The minimum absolute atomic E-state index is 0.0434. The number of allylic oxidation sites excluding steroid dienone is 4. The predicted molar refractivity (Wildman–Crippen MR) is 190 cm³/mol. The summed E-state index contributed by atoms with van der Waals surface area (Å²) in [4.78, 5) is 47.7. The Hall–Kier alpha value is -7.34. The van der Waals surface area contributed by atoms with Crippen LogP contribution in [0.15, 0.2) is 103 Å². The maximum atomic E-state index is 12.0. The zero-order chi connectivity index (χ0) is 37.6. The van der Waals surface area contributed by atoms with Gasteiger partial charge in [-0.2, -0.15) is 0 Å². The Morgan fingerprint density at radius 2 is 0.963 bits per heavy atom. The van der Waals surface area contributed by atoms with Crippen LogP contribution in [-0.4, -0.2) is 44.3 Å². The average molecular weight is 723 g/mol. The van der Waals surface area contributed by atoms with E-state index in [0.29, 0.717) is 17.9 Å². The molecule has 266 valence electrons. The zero-order valence-corrected chi connectivity index (χ0v) is 28.1. The molecule has 2 heterocycles. The molecule has 0 amide bonds. The van der Waals surface area contributed by atoms with Crippen LogP contribution in [0.5, 0.6) is 46.0 Å². The van der Waals surface area contributed by atoms with Crippen molar-refractivity contribution >= 4 is 29.5 Å². The molecule has 0 radical (unpaired) electrons. The van der Waals surface area contributed by atoms with E-state index in [4.69, 9.17) is 18.9 Å². The third-order valence-corrected chi connectivity index (χ3v) is 10.2. The summed E-state index contributed by atoms with van der Waals surface area (Å²) in [5.41, 5.74) is 3.01. The maximum Gasteiger partial charge on any atom is 0.336 e. The van der Waals surface area contributed by atoms with Crippen LogP contribution in [0, 0.1) is 5.92 Å². The van der Waals surface area contributed by atoms with Gasteiger partial charge in [-0.1, -0.05) is 55.5 Å². The van der Waals surface area contributed by atoms with Gasteiger partial charge >= 0.3 is 23.9 Å². The van der Waals surface area contributed by atoms with E-state index < -0.39 is 51.5 Å². The average Bonchev–Trinajstić information content (AvgIpc) is 3.44. The second-order valence-corrected chi connectivity index (χ2v) is 13.4. The molecule has 5 aromatic rings. The number of ether oxygens (including phenoxy) is 4. The van der Waals surface area contributed by atoms with Gasteiger partial charge in [0.15, 0.2) is 46.0 Å². The Morgan fingerprint density at radius 1 is 0.556 bits per heavy atom. The van der Waals surface area contributed by atoms with Gasteiger partial charge in [0.2, 0.25) is 0 Å². The Labute approximate surface area is 305 Å². The first-order valence-electron chi connectivity index (χ1n) is 16.8. The molecule has 9 rings (SSSR count). The summed E-state index contributed by atoms with van der Waals surface area (Å²) in [6.45, 7) is 2.13. The summed E-state index contributed by atoms with van der Waals surface area (Å²) < 4.78 is 24.7. The summed E-state index contributed by atoms with van der Waals surface area (Å²) in [5.74, 6) is -4.15. The fourth-order valence-corrected chi connectivity index (χ4v) is 7.93. The molecule has 0 fully saturated rings. The highest BCUT2D eigenvalue weighted by Gasteiger charge is 2.49. The molecular formula is C42H26O12. The largest absolute Gasteiger partial charge is 0.478 e. The molecule has 1 unspecified atom stereocenters. The first-order chi connectivity index (χ1) is 25.9. The molecule has 12 nitrogen and oxygen atoms in total. The SMILES string of the molecule is CC1C=CC2=C(C1)C(c1ccc3c(c1)Oc1cc(C(=O)O)c(C(=O)O)cc1O3)(c1ccc3c(c1)Oc1cc(C(=O)O)c(C(=O)O)cc1O3)c1ccccc12. The molecule has 12 heteroatoms. The molecule has 5 aromatic carbocycles. The van der Waals surface area contributed by atoms with Crippen molar-refractivity contribution < 1.29 is 58.6 Å². The molecule has 4 aliphatic rings. The topological polar surface area (TPSA) is 186 Å². The molecule has 0 saturated carbocycles. The molecule has 2 aliphatic carbocycles. The van der Waals surface area contributed by atoms with Crippen LogP contribution in [-0.2, 0) is 5.41 Å². The summed E-state index contributed by atoms with van der Waals surface area (Å²) >= 11 is 0. The smallest absolute Gasteiger partial charge is 0.336 e. The van der Waals surface area contributed by atoms with Crippen LogP contribution < -0.4 is 18.9 Å². The molecular weight excluding hydrogens is 696 g/mol. The minimum atomic E-state index is -1.43. The van der Waals surface area contributed by atoms with Gasteiger partial charge in [-0.25, -0.2) is 19.2 Å². The van der Waals surface area contributed by atoms with Gasteiger partial charge in [0.1, 0.15) is 0 Å². The van der Waals surface area contributed by atoms with Crippen LogP contribution in [0.1, 0.15) is 77.0 Å². The van der Waals surface area contributed by atoms with Crippen molar-refractivity contribution in [3.8, 4) is 46.0 Å². The first kappa shape index (κ1) is 32.6. The van der Waals surface area contributed by atoms with E-state index >= 15 is 0 Å². The number of aromatic carboxylic acids is 4. The monoisotopic (exact) mass is 722 g/mol. The predicted octanol–water partition coefficient (Wildman–Crippen LogP) is 8.97. The summed E-state index contributed by atoms with van der Waals surface area (Å²) in [6, 6.07) is 23.5. The van der Waals surface area contributed by atoms with Crippen molar-refractivity contribution in [1.82, 2.24) is 0 Å². The van der Waals surface area contributed by atoms with Crippen molar-refractivity contribution in [1.29, 1.82) is 0 Å². The van der Waals surface area contributed by atoms with E-state index in [0.717, 1.165) is 57.7 Å². The number of hydrogen-bond donors (Lipinski definition) is 4. The van der Waals surface area contributed by atoms with Crippen LogP contribution >= 0.6 is 0 Å². The van der Waals surface area contributed by atoms with E-state index in [1.54, 1.807) is 12.1 Å². The Balaban J connectivity index is 1.23. The third kappa shape index (κ3) is 4.69. The number of rotatable bonds is 6. The van der Waals surface area contributed by atoms with Gasteiger partial charge in [-0.15, -0.1) is 0 Å². The van der Waals surface area contributed by atoms with E-state index in [9.17, 15) is 39.6 Å². The van der Waals surface area contributed by atoms with Crippen LogP contribution in [0.3, 0.4) is 0 Å². The first-order valence-corrected chi connectivity index (χ1v) is 16.8. The number of carbonyl (C=O) groups is 4. The van der Waals surface area contributed by atoms with Crippen molar-refractivity contribution in [2.75, 3.05) is 0 Å². The second-order valence-electron chi connectivity index (χ2n) is 13.4. The number of carboxylic acid groups (broad SMARTS) is 4. The Bertz CT molecular complexity index is 2500. The lowest BCUT2D eigenvalue weighted by atomic mass is 9.64. The van der Waals surface area contributed by atoms with Gasteiger partial charge < -0.3 is 39.4 Å². The fourth-order valence-electron chi connectivity index (χ4n) is 7.93. The number of hydrogen-bond acceptors (Lipinski definition) is 8. The highest BCUT2D eigenvalue weighted by molar-refractivity contribution is 6.03. The molecule has 54 heavy (non-hydrogen) atoms. The second kappa shape index (κ2) is 11.6. The lowest BCUT2D eigenvalue weighted by Gasteiger charge is -2.38. The van der Waals surface area contributed by atoms with Crippen molar-refractivity contribution in [2.24, 2.45) is 5.92 Å². The quantitative estimate of drug-likeness (QED) is 0.128. The van der Waals surface area contributed by atoms with E-state index in [1.807, 2.05) is 36.4 Å². The lowest BCUT2D eigenvalue weighted by molar-refractivity contribution is 0.0651. The van der Waals surface area contributed by atoms with Gasteiger partial charge in [0, 0.05) is 24.3 Å². The standard InChI is InChI=1S/C42H26O12/c1-19-6-9-23-22-4-2-3-5-28(22)42(29(23)12-19,20-7-10-30-32(13-20)53-36-17-26(40(47)48)24(38(43)44)15-34(36)51-30)21-8-11-31-33(14-21)54-37-18-27(41(49)50)25(39(45)46)16-35(37)52-31/h2-11,13-19H,12H2,1H3,(H,43,44)(H,45,46)(H,47,48)(H,49,50). The zero-order valence-electron chi connectivity index (χ0n) is 28.1. The minimum Gasteiger partial charge on any atom is -0.478 e. The normalized spacial score (nSPS) is 16.4. The van der Waals surface area contributed by atoms with Gasteiger partial charge in [0.05, 0.1) is 27.7 Å². The summed E-state index contributed by atoms with van der Waals surface area (Å²) in [6.07, 6.45) is 4.99. The number of carboxylic acids is 4. The molecule has 0 spiro atoms. The van der Waals surface area contributed by atoms with E-state index in [1.165, 1.54) is 0 Å². The molecule has 1 atom stereocenters. The molecule has 0 saturated heterocycles. The van der Waals surface area contributed by atoms with E-state index in [-0.39, 0.29) is 40.4 Å². The third-order valence-electron chi connectivity index (χ3n) is 10.2. The number of fused-ring (bicyclic) bond motifs is 6. The van der Waals surface area contributed by atoms with Crippen LogP contribution in [0.4, 0.5) is 0 Å². The van der Waals surface area contributed by atoms with Crippen LogP contribution in [0.2, 0.25) is 0 Å². The molecule has 0 aromatic heterocycles. The molecule has 4 N–H and O–H groups in total. The van der Waals surface area contributed by atoms with Crippen molar-refractivity contribution in [2.45, 2.75) is 18.8 Å². The van der Waals surface area contributed by atoms with Crippen molar-refractivity contribution in [3.05, 3.63) is 147 Å². The Kier molecular flexibility index (Phi) is 6.99. The summed E-state index contributed by atoms with van der Waals surface area (Å²) in [7, 11) is 0. The lowest BCUT2D eigenvalue weighted by Crippen LogP contribution is -2.31. The highest BCUT2D eigenvalue weighted by Crippen LogP contribution is 2.60. The van der Waals surface area contributed by atoms with Gasteiger partial charge in [-0.05, 0) is 70.0 Å². The van der Waals surface area contributed by atoms with Crippen molar-refractivity contribution in [3.63, 3.8) is 0 Å². The molecule has 0 bridgehead atoms. The van der Waals surface area contributed by atoms with Crippen LogP contribution in [0.25, 0.3) is 5.57 Å². The van der Waals surface area contributed by atoms with E-state index in [2.05, 4.69) is 31.2 Å². The summed E-state index contributed by atoms with van der Waals surface area (Å²) in [5, 5.41) is 38.8. The fraction of sp³-hybridized carbons (Fsp3) is 0.0952. The highest BCUT2D eigenvalue weighted by atomic mass is 16.6. The van der Waals surface area contributed by atoms with Gasteiger partial charge in [0.25, 0.3) is 0 Å². The Morgan fingerprint density at radius 3 is 1.41 bits per heavy atom. The molecule has 2 aliphatic heterocycles.